The summed E-state index contributed by atoms with van der Waals surface area (Å²) in [5.41, 5.74) is 3.10. The number of carbonyl (C=O) groups is 2. The third-order valence-corrected chi connectivity index (χ3v) is 11.2. The fourth-order valence-electron chi connectivity index (χ4n) is 8.31. The molecule has 2 aromatic heterocycles. The molecule has 9 heteroatoms. The second-order valence-electron chi connectivity index (χ2n) is 14.0. The Balaban J connectivity index is 1.18. The van der Waals surface area contributed by atoms with Gasteiger partial charge in [0.05, 0.1) is 19.5 Å². The van der Waals surface area contributed by atoms with E-state index in [1.165, 1.54) is 35.4 Å². The quantitative estimate of drug-likeness (QED) is 0.118. The number of nitrogens with zero attached hydrogens (tertiary/aromatic N) is 4. The lowest BCUT2D eigenvalue weighted by molar-refractivity contribution is 0.0330. The van der Waals surface area contributed by atoms with Crippen molar-refractivity contribution in [2.24, 2.45) is 23.2 Å². The number of ether oxygens (including phenoxy) is 1. The molecule has 6 rings (SSSR count). The van der Waals surface area contributed by atoms with Crippen molar-refractivity contribution in [3.05, 3.63) is 102 Å². The van der Waals surface area contributed by atoms with Crippen molar-refractivity contribution in [1.82, 2.24) is 19.8 Å². The fraction of sp³-hybridized carbons (Fsp3) is 0.500. The molecule has 2 aliphatic rings. The second kappa shape index (κ2) is 16.1. The first-order valence-electron chi connectivity index (χ1n) is 17.9. The monoisotopic (exact) mass is 666 g/mol. The third-order valence-electron chi connectivity index (χ3n) is 11.2. The maximum absolute atomic E-state index is 14.4. The van der Waals surface area contributed by atoms with Crippen molar-refractivity contribution in [3.8, 4) is 5.75 Å². The average molecular weight is 667 g/mol. The smallest absolute Gasteiger partial charge is 0.263 e. The number of methoxy groups -OCH3 is 1. The summed E-state index contributed by atoms with van der Waals surface area (Å²) in [5.74, 6) is 1.15. The van der Waals surface area contributed by atoms with Crippen LogP contribution in [0.15, 0.2) is 82.3 Å². The third kappa shape index (κ3) is 8.22. The van der Waals surface area contributed by atoms with Crippen LogP contribution in [0.2, 0.25) is 0 Å². The molecule has 4 heterocycles. The number of benzene rings is 2. The number of carbonyl (C=O) groups excluding carboxylic acids is 2. The fourth-order valence-corrected chi connectivity index (χ4v) is 8.31. The highest BCUT2D eigenvalue weighted by Gasteiger charge is 2.48. The van der Waals surface area contributed by atoms with Crippen LogP contribution in [0.3, 0.4) is 0 Å². The Bertz CT molecular complexity index is 1620. The molecule has 260 valence electrons. The van der Waals surface area contributed by atoms with Crippen molar-refractivity contribution in [3.63, 3.8) is 0 Å². The molecule has 2 fully saturated rings. The van der Waals surface area contributed by atoms with Gasteiger partial charge in [-0.1, -0.05) is 48.9 Å². The number of aryl methyl sites for hydroxylation is 1. The summed E-state index contributed by atoms with van der Waals surface area (Å²) in [5, 5.41) is 0. The minimum Gasteiger partial charge on any atom is -0.497 e. The van der Waals surface area contributed by atoms with Crippen molar-refractivity contribution < 1.29 is 23.2 Å². The summed E-state index contributed by atoms with van der Waals surface area (Å²) in [6, 6.07) is 17.0. The number of hydrogen-bond acceptors (Lipinski definition) is 9. The number of likely N-dealkylation sites (tertiary alicyclic amines) is 2. The van der Waals surface area contributed by atoms with Gasteiger partial charge in [-0.15, -0.1) is 0 Å². The van der Waals surface area contributed by atoms with Crippen LogP contribution in [0.1, 0.15) is 89.9 Å². The van der Waals surface area contributed by atoms with Crippen LogP contribution in [0, 0.1) is 30.1 Å². The summed E-state index contributed by atoms with van der Waals surface area (Å²) in [7, 11) is 1.69. The van der Waals surface area contributed by atoms with Gasteiger partial charge >= 0.3 is 0 Å². The standard InChI is InChI=1S/C40H50N4O5/c1-4-40(37(46)39-42-19-25-49-39,33-15-22-44(23-16-33)28-31-6-5-7-34(26-31)47-3)17-12-35(36(45)38-41-18-24-48-38)32-13-20-43(21-14-32)27-30-10-8-29(2)9-11-30/h5-11,18-19,24-26,32-33,35H,4,12-17,20-23,27-28H2,1-3H3. The summed E-state index contributed by atoms with van der Waals surface area (Å²) in [6.45, 7) is 9.59. The van der Waals surface area contributed by atoms with Gasteiger partial charge < -0.3 is 13.6 Å². The molecule has 0 bridgehead atoms. The Hall–Kier alpha value is -4.08. The Morgan fingerprint density at radius 2 is 1.51 bits per heavy atom. The first kappa shape index (κ1) is 34.8. The van der Waals surface area contributed by atoms with Gasteiger partial charge in [-0.05, 0) is 113 Å². The van der Waals surface area contributed by atoms with E-state index >= 15 is 0 Å². The first-order valence-corrected chi connectivity index (χ1v) is 17.9. The maximum atomic E-state index is 14.4. The molecule has 0 aliphatic carbocycles. The Morgan fingerprint density at radius 1 is 0.878 bits per heavy atom. The van der Waals surface area contributed by atoms with E-state index in [9.17, 15) is 9.59 Å². The highest BCUT2D eigenvalue weighted by Crippen LogP contribution is 2.47. The lowest BCUT2D eigenvalue weighted by atomic mass is 9.62. The maximum Gasteiger partial charge on any atom is 0.263 e. The number of aromatic nitrogens is 2. The molecule has 2 aromatic carbocycles. The van der Waals surface area contributed by atoms with Gasteiger partial charge in [-0.25, -0.2) is 9.97 Å². The van der Waals surface area contributed by atoms with E-state index in [0.29, 0.717) is 19.3 Å². The predicted molar refractivity (Wildman–Crippen MR) is 187 cm³/mol. The van der Waals surface area contributed by atoms with Gasteiger partial charge in [0, 0.05) is 24.4 Å². The van der Waals surface area contributed by atoms with Crippen LogP contribution < -0.4 is 4.74 Å². The highest BCUT2D eigenvalue weighted by atomic mass is 16.5. The van der Waals surface area contributed by atoms with Crippen molar-refractivity contribution in [2.45, 2.75) is 71.9 Å². The SMILES string of the molecule is CCC(CCC(C(=O)c1ncco1)C1CCN(Cc2ccc(C)cc2)CC1)(C(=O)c1ncco1)C1CCN(Cc2cccc(OC)c2)CC1. The van der Waals surface area contributed by atoms with Crippen LogP contribution >= 0.6 is 0 Å². The van der Waals surface area contributed by atoms with E-state index in [2.05, 4.69) is 70.0 Å². The van der Waals surface area contributed by atoms with Gasteiger partial charge in [0.15, 0.2) is 0 Å². The van der Waals surface area contributed by atoms with Crippen LogP contribution in [0.5, 0.6) is 5.75 Å². The summed E-state index contributed by atoms with van der Waals surface area (Å²) in [4.78, 5) is 42.0. The number of Topliss-reactive ketones (excluding diaryl/α,β-unsaturated/α-hetero) is 2. The molecule has 0 N–H and O–H groups in total. The topological polar surface area (TPSA) is 102 Å². The molecule has 4 aromatic rings. The Morgan fingerprint density at radius 3 is 2.12 bits per heavy atom. The highest BCUT2D eigenvalue weighted by molar-refractivity contribution is 5.97. The number of oxazole rings is 2. The Kier molecular flexibility index (Phi) is 11.4. The number of rotatable bonds is 15. The first-order chi connectivity index (χ1) is 23.9. The van der Waals surface area contributed by atoms with E-state index in [4.69, 9.17) is 13.6 Å². The van der Waals surface area contributed by atoms with Gasteiger partial charge in [0.1, 0.15) is 18.3 Å². The zero-order valence-corrected chi connectivity index (χ0v) is 29.2. The summed E-state index contributed by atoms with van der Waals surface area (Å²) >= 11 is 0. The van der Waals surface area contributed by atoms with Crippen molar-refractivity contribution in [2.75, 3.05) is 33.3 Å². The summed E-state index contributed by atoms with van der Waals surface area (Å²) < 4.78 is 16.6. The van der Waals surface area contributed by atoms with Gasteiger partial charge in [0.2, 0.25) is 11.6 Å². The van der Waals surface area contributed by atoms with Crippen LogP contribution in [0.4, 0.5) is 0 Å². The number of piperidine rings is 2. The molecule has 49 heavy (non-hydrogen) atoms. The van der Waals surface area contributed by atoms with Crippen LogP contribution in [0.25, 0.3) is 0 Å². The minimum atomic E-state index is -0.686. The molecule has 0 spiro atoms. The molecule has 2 atom stereocenters. The molecule has 2 aliphatic heterocycles. The molecular formula is C40H50N4O5. The van der Waals surface area contributed by atoms with E-state index in [-0.39, 0.29) is 41.1 Å². The molecule has 0 radical (unpaired) electrons. The van der Waals surface area contributed by atoms with Crippen LogP contribution in [-0.2, 0) is 13.1 Å². The Labute approximate surface area is 290 Å². The van der Waals surface area contributed by atoms with E-state index in [1.807, 2.05) is 12.1 Å². The second-order valence-corrected chi connectivity index (χ2v) is 14.0. The molecule has 2 unspecified atom stereocenters. The molecule has 0 amide bonds. The lowest BCUT2D eigenvalue weighted by Crippen LogP contribution is -2.46. The lowest BCUT2D eigenvalue weighted by Gasteiger charge is -2.44. The zero-order chi connectivity index (χ0) is 34.2. The largest absolute Gasteiger partial charge is 0.497 e. The number of ketones is 2. The van der Waals surface area contributed by atoms with Crippen molar-refractivity contribution >= 4 is 11.6 Å². The normalized spacial score (nSPS) is 18.6. The van der Waals surface area contributed by atoms with Gasteiger partial charge in [-0.2, -0.15) is 0 Å². The molecule has 9 nitrogen and oxygen atoms in total. The predicted octanol–water partition coefficient (Wildman–Crippen LogP) is 7.66. The van der Waals surface area contributed by atoms with Crippen molar-refractivity contribution in [1.29, 1.82) is 0 Å². The van der Waals surface area contributed by atoms with Crippen LogP contribution in [-0.4, -0.2) is 64.6 Å². The van der Waals surface area contributed by atoms with E-state index < -0.39 is 5.41 Å². The molecule has 2 saturated heterocycles. The molecular weight excluding hydrogens is 616 g/mol. The summed E-state index contributed by atoms with van der Waals surface area (Å²) in [6.07, 6.45) is 11.5. The van der Waals surface area contributed by atoms with Gasteiger partial charge in [0.25, 0.3) is 11.8 Å². The minimum absolute atomic E-state index is 0.0403. The molecule has 0 saturated carbocycles. The zero-order valence-electron chi connectivity index (χ0n) is 29.2. The van der Waals surface area contributed by atoms with E-state index in [0.717, 1.165) is 70.7 Å². The van der Waals surface area contributed by atoms with E-state index in [1.54, 1.807) is 13.3 Å². The van der Waals surface area contributed by atoms with Gasteiger partial charge in [-0.3, -0.25) is 19.4 Å². The number of hydrogen-bond donors (Lipinski definition) is 0. The average Bonchev–Trinajstić information content (AvgIpc) is 3.88.